The van der Waals surface area contributed by atoms with Gasteiger partial charge in [-0.3, -0.25) is 9.78 Å². The standard InChI is InChI=1S/C16H15FN2O2/c17-13-5-3-4-12(15(13)20)16(21)19-9-7-11(10-19)14-6-1-2-8-18-14/h1-6,8,11,20H,7,9-10H2. The van der Waals surface area contributed by atoms with Crippen molar-refractivity contribution in [2.75, 3.05) is 13.1 Å². The van der Waals surface area contributed by atoms with Crippen molar-refractivity contribution in [3.05, 3.63) is 59.7 Å². The number of para-hydroxylation sites is 1. The first-order valence-corrected chi connectivity index (χ1v) is 6.84. The SMILES string of the molecule is O=C(c1cccc(F)c1O)N1CCC(c2ccccn2)C1. The number of aromatic nitrogens is 1. The first-order chi connectivity index (χ1) is 10.2. The highest BCUT2D eigenvalue weighted by Crippen LogP contribution is 2.29. The van der Waals surface area contributed by atoms with Crippen molar-refractivity contribution in [2.45, 2.75) is 12.3 Å². The van der Waals surface area contributed by atoms with Gasteiger partial charge in [-0.05, 0) is 30.7 Å². The second kappa shape index (κ2) is 5.52. The summed E-state index contributed by atoms with van der Waals surface area (Å²) in [6.45, 7) is 1.11. The molecule has 1 aliphatic rings. The molecule has 1 saturated heterocycles. The third-order valence-electron chi connectivity index (χ3n) is 3.80. The summed E-state index contributed by atoms with van der Waals surface area (Å²) in [5.74, 6) is -1.51. The van der Waals surface area contributed by atoms with Gasteiger partial charge >= 0.3 is 0 Å². The zero-order valence-corrected chi connectivity index (χ0v) is 11.4. The van der Waals surface area contributed by atoms with E-state index in [1.807, 2.05) is 18.2 Å². The molecule has 5 heteroatoms. The first-order valence-electron chi connectivity index (χ1n) is 6.84. The van der Waals surface area contributed by atoms with E-state index < -0.39 is 11.6 Å². The van der Waals surface area contributed by atoms with Crippen molar-refractivity contribution < 1.29 is 14.3 Å². The van der Waals surface area contributed by atoms with Crippen LogP contribution in [0.15, 0.2) is 42.6 Å². The molecule has 0 saturated carbocycles. The van der Waals surface area contributed by atoms with Crippen molar-refractivity contribution in [2.24, 2.45) is 0 Å². The fourth-order valence-electron chi connectivity index (χ4n) is 2.66. The fourth-order valence-corrected chi connectivity index (χ4v) is 2.66. The minimum Gasteiger partial charge on any atom is -0.504 e. The van der Waals surface area contributed by atoms with Crippen molar-refractivity contribution in [1.82, 2.24) is 9.88 Å². The number of likely N-dealkylation sites (tertiary alicyclic amines) is 1. The van der Waals surface area contributed by atoms with Gasteiger partial charge in [0.15, 0.2) is 11.6 Å². The fraction of sp³-hybridized carbons (Fsp3) is 0.250. The largest absolute Gasteiger partial charge is 0.504 e. The molecule has 1 fully saturated rings. The molecule has 3 rings (SSSR count). The van der Waals surface area contributed by atoms with E-state index in [9.17, 15) is 14.3 Å². The van der Waals surface area contributed by atoms with Gasteiger partial charge in [-0.25, -0.2) is 4.39 Å². The number of pyridine rings is 1. The third kappa shape index (κ3) is 2.59. The lowest BCUT2D eigenvalue weighted by atomic mass is 10.0. The van der Waals surface area contributed by atoms with Crippen LogP contribution in [0.2, 0.25) is 0 Å². The van der Waals surface area contributed by atoms with Gasteiger partial charge in [-0.15, -0.1) is 0 Å². The van der Waals surface area contributed by atoms with E-state index in [1.165, 1.54) is 12.1 Å². The van der Waals surface area contributed by atoms with Gasteiger partial charge in [0.1, 0.15) is 0 Å². The van der Waals surface area contributed by atoms with Crippen LogP contribution >= 0.6 is 0 Å². The van der Waals surface area contributed by atoms with E-state index in [0.29, 0.717) is 13.1 Å². The first kappa shape index (κ1) is 13.5. The molecule has 108 valence electrons. The van der Waals surface area contributed by atoms with Crippen LogP contribution in [0.1, 0.15) is 28.4 Å². The van der Waals surface area contributed by atoms with Crippen molar-refractivity contribution in [1.29, 1.82) is 0 Å². The van der Waals surface area contributed by atoms with Gasteiger partial charge in [0.2, 0.25) is 0 Å². The van der Waals surface area contributed by atoms with E-state index in [2.05, 4.69) is 4.98 Å². The van der Waals surface area contributed by atoms with Crippen LogP contribution in [0.25, 0.3) is 0 Å². The molecule has 0 radical (unpaired) electrons. The second-order valence-electron chi connectivity index (χ2n) is 5.13. The molecule has 1 atom stereocenters. The van der Waals surface area contributed by atoms with Crippen molar-refractivity contribution in [3.63, 3.8) is 0 Å². The molecule has 1 amide bonds. The summed E-state index contributed by atoms with van der Waals surface area (Å²) in [6, 6.07) is 9.71. The maximum atomic E-state index is 13.3. The lowest BCUT2D eigenvalue weighted by molar-refractivity contribution is 0.0786. The number of hydrogen-bond acceptors (Lipinski definition) is 3. The van der Waals surface area contributed by atoms with Gasteiger partial charge in [-0.2, -0.15) is 0 Å². The molecule has 1 aromatic carbocycles. The summed E-state index contributed by atoms with van der Waals surface area (Å²) in [7, 11) is 0. The monoisotopic (exact) mass is 286 g/mol. The van der Waals surface area contributed by atoms with E-state index in [1.54, 1.807) is 11.1 Å². The van der Waals surface area contributed by atoms with E-state index in [-0.39, 0.29) is 17.4 Å². The van der Waals surface area contributed by atoms with Gasteiger partial charge < -0.3 is 10.0 Å². The number of phenols is 1. The summed E-state index contributed by atoms with van der Waals surface area (Å²) >= 11 is 0. The molecule has 21 heavy (non-hydrogen) atoms. The second-order valence-corrected chi connectivity index (χ2v) is 5.13. The van der Waals surface area contributed by atoms with Gasteiger partial charge in [0.05, 0.1) is 5.56 Å². The number of rotatable bonds is 2. The molecule has 1 N–H and O–H groups in total. The number of benzene rings is 1. The van der Waals surface area contributed by atoms with Gasteiger partial charge in [0, 0.05) is 30.9 Å². The number of phenolic OH excluding ortho intramolecular Hbond substituents is 1. The smallest absolute Gasteiger partial charge is 0.257 e. The molecule has 1 aliphatic heterocycles. The van der Waals surface area contributed by atoms with Gasteiger partial charge in [0.25, 0.3) is 5.91 Å². The maximum Gasteiger partial charge on any atom is 0.257 e. The Bertz CT molecular complexity index is 661. The zero-order chi connectivity index (χ0) is 14.8. The number of hydrogen-bond donors (Lipinski definition) is 1. The van der Waals surface area contributed by atoms with Crippen LogP contribution < -0.4 is 0 Å². The molecule has 0 bridgehead atoms. The summed E-state index contributed by atoms with van der Waals surface area (Å²) in [6.07, 6.45) is 2.55. The Morgan fingerprint density at radius 1 is 1.29 bits per heavy atom. The molecule has 4 nitrogen and oxygen atoms in total. The summed E-state index contributed by atoms with van der Waals surface area (Å²) in [4.78, 5) is 18.3. The molecule has 1 aromatic heterocycles. The topological polar surface area (TPSA) is 53.4 Å². The van der Waals surface area contributed by atoms with E-state index >= 15 is 0 Å². The van der Waals surface area contributed by atoms with Crippen LogP contribution in [0.4, 0.5) is 4.39 Å². The molecular weight excluding hydrogens is 271 g/mol. The normalized spacial score (nSPS) is 18.0. The highest BCUT2D eigenvalue weighted by atomic mass is 19.1. The van der Waals surface area contributed by atoms with E-state index in [0.717, 1.165) is 18.2 Å². The molecular formula is C16H15FN2O2. The predicted molar refractivity (Wildman–Crippen MR) is 75.6 cm³/mol. The minimum atomic E-state index is -0.777. The van der Waals surface area contributed by atoms with Crippen LogP contribution in [-0.2, 0) is 0 Å². The summed E-state index contributed by atoms with van der Waals surface area (Å²) in [5.41, 5.74) is 0.966. The third-order valence-corrected chi connectivity index (χ3v) is 3.80. The maximum absolute atomic E-state index is 13.3. The molecule has 0 spiro atoms. The number of carbonyl (C=O) groups is 1. The number of aromatic hydroxyl groups is 1. The molecule has 2 heterocycles. The summed E-state index contributed by atoms with van der Waals surface area (Å²) < 4.78 is 13.3. The Balaban J connectivity index is 1.77. The number of carbonyl (C=O) groups excluding carboxylic acids is 1. The lowest BCUT2D eigenvalue weighted by Crippen LogP contribution is -2.28. The highest BCUT2D eigenvalue weighted by molar-refractivity contribution is 5.97. The Labute approximate surface area is 121 Å². The van der Waals surface area contributed by atoms with Crippen LogP contribution in [0.5, 0.6) is 5.75 Å². The average Bonchev–Trinajstić information content (AvgIpc) is 3.00. The van der Waals surface area contributed by atoms with Gasteiger partial charge in [-0.1, -0.05) is 12.1 Å². The highest BCUT2D eigenvalue weighted by Gasteiger charge is 2.30. The Morgan fingerprint density at radius 3 is 2.90 bits per heavy atom. The Morgan fingerprint density at radius 2 is 2.14 bits per heavy atom. The predicted octanol–water partition coefficient (Wildman–Crippen LogP) is 2.56. The van der Waals surface area contributed by atoms with Crippen LogP contribution in [0.3, 0.4) is 0 Å². The van der Waals surface area contributed by atoms with Crippen molar-refractivity contribution in [3.8, 4) is 5.75 Å². The summed E-state index contributed by atoms with van der Waals surface area (Å²) in [5, 5.41) is 9.68. The Hall–Kier alpha value is -2.43. The molecule has 2 aromatic rings. The van der Waals surface area contributed by atoms with E-state index in [4.69, 9.17) is 0 Å². The number of halogens is 1. The van der Waals surface area contributed by atoms with Crippen LogP contribution in [-0.4, -0.2) is 34.0 Å². The molecule has 0 aliphatic carbocycles. The number of nitrogens with zero attached hydrogens (tertiary/aromatic N) is 2. The quantitative estimate of drug-likeness (QED) is 0.923. The Kier molecular flexibility index (Phi) is 3.56. The van der Waals surface area contributed by atoms with Crippen molar-refractivity contribution >= 4 is 5.91 Å². The molecule has 1 unspecified atom stereocenters. The minimum absolute atomic E-state index is 0.0108. The average molecular weight is 286 g/mol. The van der Waals surface area contributed by atoms with Crippen LogP contribution in [0, 0.1) is 5.82 Å². The number of amides is 1. The zero-order valence-electron chi connectivity index (χ0n) is 11.4. The lowest BCUT2D eigenvalue weighted by Gasteiger charge is -2.17.